The van der Waals surface area contributed by atoms with Crippen molar-refractivity contribution < 1.29 is 0 Å². The second-order valence-corrected chi connectivity index (χ2v) is 3.87. The van der Waals surface area contributed by atoms with E-state index in [0.717, 1.165) is 23.6 Å². The summed E-state index contributed by atoms with van der Waals surface area (Å²) in [4.78, 5) is 10.7. The Hall–Kier alpha value is -1.55. The van der Waals surface area contributed by atoms with E-state index in [1.807, 2.05) is 24.5 Å². The van der Waals surface area contributed by atoms with Gasteiger partial charge >= 0.3 is 0 Å². The number of nitrogens with zero attached hydrogens (tertiary/aromatic N) is 1. The van der Waals surface area contributed by atoms with Gasteiger partial charge in [-0.1, -0.05) is 6.92 Å². The summed E-state index contributed by atoms with van der Waals surface area (Å²) in [6.07, 6.45) is 4.65. The zero-order chi connectivity index (χ0) is 10.7. The van der Waals surface area contributed by atoms with Crippen LogP contribution in [0.2, 0.25) is 0 Å². The number of imidazole rings is 1. The third kappa shape index (κ3) is 2.27. The van der Waals surface area contributed by atoms with Gasteiger partial charge in [0.1, 0.15) is 5.82 Å². The van der Waals surface area contributed by atoms with E-state index in [2.05, 4.69) is 21.9 Å². The molecule has 0 fully saturated rings. The highest BCUT2D eigenvalue weighted by molar-refractivity contribution is 5.53. The fraction of sp³-hybridized carbons (Fsp3) is 0.364. The Balaban J connectivity index is 2.11. The first kappa shape index (κ1) is 9.98. The largest absolute Gasteiger partial charge is 0.360 e. The molecular formula is C11H16N4. The van der Waals surface area contributed by atoms with E-state index in [9.17, 15) is 0 Å². The van der Waals surface area contributed by atoms with Crippen LogP contribution in [-0.2, 0) is 6.42 Å². The fourth-order valence-electron chi connectivity index (χ4n) is 1.51. The summed E-state index contributed by atoms with van der Waals surface area (Å²) in [6.45, 7) is 2.81. The van der Waals surface area contributed by atoms with Gasteiger partial charge in [0.05, 0.1) is 17.6 Å². The second kappa shape index (κ2) is 4.31. The van der Waals surface area contributed by atoms with Crippen molar-refractivity contribution in [3.63, 3.8) is 0 Å². The summed E-state index contributed by atoms with van der Waals surface area (Å²) < 4.78 is 0. The molecule has 4 N–H and O–H groups in total. The molecule has 4 nitrogen and oxygen atoms in total. The number of H-pyrrole nitrogens is 2. The molecule has 0 aromatic carbocycles. The van der Waals surface area contributed by atoms with E-state index in [4.69, 9.17) is 5.73 Å². The number of hydrogen-bond acceptors (Lipinski definition) is 2. The Bertz CT molecular complexity index is 402. The SMILES string of the molecule is CC(CN)Cc1ncc(-c2ccc[nH]2)[nH]1. The lowest BCUT2D eigenvalue weighted by Crippen LogP contribution is -2.13. The maximum atomic E-state index is 5.57. The molecule has 0 aliphatic heterocycles. The van der Waals surface area contributed by atoms with Crippen molar-refractivity contribution in [3.8, 4) is 11.4 Å². The Morgan fingerprint density at radius 3 is 3.00 bits per heavy atom. The molecular weight excluding hydrogens is 188 g/mol. The maximum absolute atomic E-state index is 5.57. The molecule has 15 heavy (non-hydrogen) atoms. The molecule has 2 rings (SSSR count). The van der Waals surface area contributed by atoms with E-state index in [1.54, 1.807) is 0 Å². The molecule has 0 aliphatic carbocycles. The second-order valence-electron chi connectivity index (χ2n) is 3.87. The van der Waals surface area contributed by atoms with Crippen LogP contribution >= 0.6 is 0 Å². The van der Waals surface area contributed by atoms with E-state index >= 15 is 0 Å². The minimum atomic E-state index is 0.465. The Morgan fingerprint density at radius 2 is 2.33 bits per heavy atom. The monoisotopic (exact) mass is 204 g/mol. The van der Waals surface area contributed by atoms with Gasteiger partial charge in [-0.3, -0.25) is 0 Å². The predicted molar refractivity (Wildman–Crippen MR) is 60.3 cm³/mol. The van der Waals surface area contributed by atoms with Crippen molar-refractivity contribution >= 4 is 0 Å². The molecule has 0 saturated carbocycles. The quantitative estimate of drug-likeness (QED) is 0.707. The van der Waals surface area contributed by atoms with Crippen LogP contribution in [0.1, 0.15) is 12.7 Å². The average molecular weight is 204 g/mol. The summed E-state index contributed by atoms with van der Waals surface area (Å²) in [7, 11) is 0. The van der Waals surface area contributed by atoms with Gasteiger partial charge in [0.25, 0.3) is 0 Å². The third-order valence-corrected chi connectivity index (χ3v) is 2.46. The highest BCUT2D eigenvalue weighted by Crippen LogP contribution is 2.15. The standard InChI is InChI=1S/C11H16N4/c1-8(6-12)5-11-14-7-10(15-11)9-3-2-4-13-9/h2-4,7-8,13H,5-6,12H2,1H3,(H,14,15). The van der Waals surface area contributed by atoms with Gasteiger partial charge in [0, 0.05) is 12.6 Å². The molecule has 80 valence electrons. The summed E-state index contributed by atoms with van der Waals surface area (Å²) in [5.74, 6) is 1.46. The van der Waals surface area contributed by atoms with Crippen LogP contribution in [0, 0.1) is 5.92 Å². The Kier molecular flexibility index (Phi) is 2.87. The van der Waals surface area contributed by atoms with Crippen molar-refractivity contribution in [1.29, 1.82) is 0 Å². The maximum Gasteiger partial charge on any atom is 0.106 e. The van der Waals surface area contributed by atoms with Gasteiger partial charge in [-0.25, -0.2) is 4.98 Å². The number of hydrogen-bond donors (Lipinski definition) is 3. The first-order valence-electron chi connectivity index (χ1n) is 5.17. The smallest absolute Gasteiger partial charge is 0.106 e. The van der Waals surface area contributed by atoms with Crippen molar-refractivity contribution in [2.45, 2.75) is 13.3 Å². The number of aromatic nitrogens is 3. The molecule has 0 amide bonds. The third-order valence-electron chi connectivity index (χ3n) is 2.46. The summed E-state index contributed by atoms with van der Waals surface area (Å²) in [6, 6.07) is 3.99. The van der Waals surface area contributed by atoms with Gasteiger partial charge in [0.2, 0.25) is 0 Å². The van der Waals surface area contributed by atoms with Crippen LogP contribution in [0.15, 0.2) is 24.5 Å². The average Bonchev–Trinajstić information content (AvgIpc) is 2.85. The molecule has 0 bridgehead atoms. The molecule has 4 heteroatoms. The highest BCUT2D eigenvalue weighted by Gasteiger charge is 2.06. The zero-order valence-electron chi connectivity index (χ0n) is 8.83. The first-order chi connectivity index (χ1) is 7.29. The van der Waals surface area contributed by atoms with E-state index in [-0.39, 0.29) is 0 Å². The molecule has 2 aromatic rings. The van der Waals surface area contributed by atoms with E-state index in [0.29, 0.717) is 12.5 Å². The molecule has 0 aliphatic rings. The minimum Gasteiger partial charge on any atom is -0.360 e. The fourth-order valence-corrected chi connectivity index (χ4v) is 1.51. The number of aromatic amines is 2. The normalized spacial score (nSPS) is 12.9. The van der Waals surface area contributed by atoms with Gasteiger partial charge in [-0.2, -0.15) is 0 Å². The van der Waals surface area contributed by atoms with Crippen LogP contribution in [0.5, 0.6) is 0 Å². The van der Waals surface area contributed by atoms with Crippen molar-refractivity contribution in [3.05, 3.63) is 30.4 Å². The minimum absolute atomic E-state index is 0.465. The molecule has 0 radical (unpaired) electrons. The first-order valence-corrected chi connectivity index (χ1v) is 5.17. The van der Waals surface area contributed by atoms with Crippen LogP contribution in [0.4, 0.5) is 0 Å². The Morgan fingerprint density at radius 1 is 1.47 bits per heavy atom. The van der Waals surface area contributed by atoms with Crippen LogP contribution in [0.25, 0.3) is 11.4 Å². The van der Waals surface area contributed by atoms with Gasteiger partial charge < -0.3 is 15.7 Å². The molecule has 0 saturated heterocycles. The highest BCUT2D eigenvalue weighted by atomic mass is 14.9. The lowest BCUT2D eigenvalue weighted by Gasteiger charge is -2.04. The zero-order valence-corrected chi connectivity index (χ0v) is 8.83. The van der Waals surface area contributed by atoms with Crippen molar-refractivity contribution in [2.75, 3.05) is 6.54 Å². The number of rotatable bonds is 4. The summed E-state index contributed by atoms with van der Waals surface area (Å²) in [5.41, 5.74) is 7.66. The van der Waals surface area contributed by atoms with Gasteiger partial charge in [-0.05, 0) is 24.6 Å². The lowest BCUT2D eigenvalue weighted by atomic mass is 10.1. The van der Waals surface area contributed by atoms with Gasteiger partial charge in [0.15, 0.2) is 0 Å². The molecule has 2 heterocycles. The Labute approximate surface area is 88.9 Å². The molecule has 1 unspecified atom stereocenters. The van der Waals surface area contributed by atoms with Crippen molar-refractivity contribution in [1.82, 2.24) is 15.0 Å². The van der Waals surface area contributed by atoms with E-state index < -0.39 is 0 Å². The number of nitrogens with one attached hydrogen (secondary N) is 2. The van der Waals surface area contributed by atoms with Gasteiger partial charge in [-0.15, -0.1) is 0 Å². The number of nitrogens with two attached hydrogens (primary N) is 1. The van der Waals surface area contributed by atoms with Crippen molar-refractivity contribution in [2.24, 2.45) is 11.7 Å². The van der Waals surface area contributed by atoms with E-state index in [1.165, 1.54) is 0 Å². The lowest BCUT2D eigenvalue weighted by molar-refractivity contribution is 0.577. The predicted octanol–water partition coefficient (Wildman–Crippen LogP) is 1.54. The van der Waals surface area contributed by atoms with Crippen LogP contribution in [-0.4, -0.2) is 21.5 Å². The molecule has 1 atom stereocenters. The summed E-state index contributed by atoms with van der Waals surface area (Å²) >= 11 is 0. The molecule has 2 aromatic heterocycles. The molecule has 0 spiro atoms. The van der Waals surface area contributed by atoms with Crippen LogP contribution < -0.4 is 5.73 Å². The topological polar surface area (TPSA) is 70.5 Å². The van der Waals surface area contributed by atoms with Crippen LogP contribution in [0.3, 0.4) is 0 Å². The summed E-state index contributed by atoms with van der Waals surface area (Å²) in [5, 5.41) is 0.